The zero-order valence-corrected chi connectivity index (χ0v) is 12.9. The summed E-state index contributed by atoms with van der Waals surface area (Å²) in [6, 6.07) is 3.82. The molecule has 7 heteroatoms. The molecule has 0 amide bonds. The second kappa shape index (κ2) is 7.31. The minimum atomic E-state index is -3.72. The van der Waals surface area contributed by atoms with Crippen LogP contribution in [0, 0.1) is 11.7 Å². The molecule has 5 nitrogen and oxygen atoms in total. The molecule has 0 aromatic heterocycles. The van der Waals surface area contributed by atoms with Crippen LogP contribution in [0.4, 0.5) is 4.39 Å². The van der Waals surface area contributed by atoms with E-state index in [0.717, 1.165) is 25.5 Å². The highest BCUT2D eigenvalue weighted by Crippen LogP contribution is 2.19. The topological polar surface area (TPSA) is 67.4 Å². The van der Waals surface area contributed by atoms with E-state index in [-0.39, 0.29) is 10.8 Å². The summed E-state index contributed by atoms with van der Waals surface area (Å²) in [5.41, 5.74) is 0.547. The molecule has 0 radical (unpaired) electrons. The molecular formula is C14H21FN2O3S. The van der Waals surface area contributed by atoms with Crippen molar-refractivity contribution in [3.63, 3.8) is 0 Å². The van der Waals surface area contributed by atoms with Gasteiger partial charge in [0.25, 0.3) is 0 Å². The Morgan fingerprint density at radius 3 is 2.90 bits per heavy atom. The van der Waals surface area contributed by atoms with E-state index in [9.17, 15) is 12.8 Å². The van der Waals surface area contributed by atoms with E-state index in [1.807, 2.05) is 0 Å². The van der Waals surface area contributed by atoms with Crippen molar-refractivity contribution in [3.8, 4) is 0 Å². The van der Waals surface area contributed by atoms with Crippen molar-refractivity contribution in [1.82, 2.24) is 10.0 Å². The van der Waals surface area contributed by atoms with Gasteiger partial charge in [-0.3, -0.25) is 0 Å². The van der Waals surface area contributed by atoms with Gasteiger partial charge in [0.15, 0.2) is 0 Å². The molecule has 0 saturated carbocycles. The van der Waals surface area contributed by atoms with E-state index in [1.165, 1.54) is 12.1 Å². The Bertz CT molecular complexity index is 572. The lowest BCUT2D eigenvalue weighted by Crippen LogP contribution is -2.34. The summed E-state index contributed by atoms with van der Waals surface area (Å²) >= 11 is 0. The summed E-state index contributed by atoms with van der Waals surface area (Å²) in [4.78, 5) is -0.00595. The van der Waals surface area contributed by atoms with Crippen LogP contribution in [-0.4, -0.2) is 35.2 Å². The number of sulfonamides is 1. The summed E-state index contributed by atoms with van der Waals surface area (Å²) < 4.78 is 46.0. The van der Waals surface area contributed by atoms with Crippen LogP contribution in [0.1, 0.15) is 18.4 Å². The average Bonchev–Trinajstić information content (AvgIpc) is 2.48. The summed E-state index contributed by atoms with van der Waals surface area (Å²) in [6.07, 6.45) is 1.88. The van der Waals surface area contributed by atoms with Crippen molar-refractivity contribution >= 4 is 10.0 Å². The molecule has 1 heterocycles. The van der Waals surface area contributed by atoms with Crippen LogP contribution in [0.15, 0.2) is 23.1 Å². The molecule has 1 fully saturated rings. The molecule has 1 aromatic rings. The zero-order chi connectivity index (χ0) is 15.3. The van der Waals surface area contributed by atoms with Gasteiger partial charge in [0.05, 0.1) is 11.5 Å². The van der Waals surface area contributed by atoms with Crippen LogP contribution >= 0.6 is 0 Å². The molecule has 118 valence electrons. The zero-order valence-electron chi connectivity index (χ0n) is 12.1. The first kappa shape index (κ1) is 16.4. The predicted molar refractivity (Wildman–Crippen MR) is 77.9 cm³/mol. The van der Waals surface area contributed by atoms with Gasteiger partial charge in [-0.15, -0.1) is 0 Å². The Hall–Kier alpha value is -1.02. The fourth-order valence-corrected chi connectivity index (χ4v) is 3.75. The molecule has 1 aromatic carbocycles. The van der Waals surface area contributed by atoms with Crippen LogP contribution in [0.2, 0.25) is 0 Å². The fraction of sp³-hybridized carbons (Fsp3) is 0.571. The lowest BCUT2D eigenvalue weighted by atomic mass is 10.0. The number of benzene rings is 1. The highest BCUT2D eigenvalue weighted by atomic mass is 32.2. The minimum Gasteiger partial charge on any atom is -0.381 e. The van der Waals surface area contributed by atoms with E-state index in [0.29, 0.717) is 25.3 Å². The predicted octanol–water partition coefficient (Wildman–Crippen LogP) is 1.25. The number of hydrogen-bond acceptors (Lipinski definition) is 4. The lowest BCUT2D eigenvalue weighted by Gasteiger charge is -2.22. The number of rotatable bonds is 6. The van der Waals surface area contributed by atoms with Gasteiger partial charge < -0.3 is 10.1 Å². The third kappa shape index (κ3) is 4.47. The van der Waals surface area contributed by atoms with Crippen molar-refractivity contribution in [2.45, 2.75) is 24.3 Å². The molecule has 2 N–H and O–H groups in total. The fourth-order valence-electron chi connectivity index (χ4n) is 2.39. The van der Waals surface area contributed by atoms with E-state index in [1.54, 1.807) is 7.05 Å². The van der Waals surface area contributed by atoms with Crippen molar-refractivity contribution in [3.05, 3.63) is 29.6 Å². The van der Waals surface area contributed by atoms with Gasteiger partial charge >= 0.3 is 0 Å². The maximum absolute atomic E-state index is 13.4. The summed E-state index contributed by atoms with van der Waals surface area (Å²) in [6.45, 7) is 1.98. The molecule has 1 atom stereocenters. The number of hydrogen-bond donors (Lipinski definition) is 2. The van der Waals surface area contributed by atoms with Crippen molar-refractivity contribution < 1.29 is 17.5 Å². The monoisotopic (exact) mass is 316 g/mol. The van der Waals surface area contributed by atoms with E-state index in [4.69, 9.17) is 4.74 Å². The third-order valence-corrected chi connectivity index (χ3v) is 5.01. The molecule has 1 aliphatic heterocycles. The van der Waals surface area contributed by atoms with Gasteiger partial charge in [0.1, 0.15) is 5.82 Å². The SMILES string of the molecule is CNCc1ccc(F)cc1S(=O)(=O)NCC1CCCOC1. The molecule has 1 aliphatic rings. The molecule has 2 rings (SSSR count). The van der Waals surface area contributed by atoms with Crippen molar-refractivity contribution in [2.75, 3.05) is 26.8 Å². The summed E-state index contributed by atoms with van der Waals surface area (Å²) in [5.74, 6) is -0.383. The molecular weight excluding hydrogens is 295 g/mol. The van der Waals surface area contributed by atoms with Crippen LogP contribution < -0.4 is 10.0 Å². The van der Waals surface area contributed by atoms with Crippen LogP contribution in [0.5, 0.6) is 0 Å². The van der Waals surface area contributed by atoms with Crippen LogP contribution in [0.3, 0.4) is 0 Å². The van der Waals surface area contributed by atoms with Crippen molar-refractivity contribution in [1.29, 1.82) is 0 Å². The number of nitrogens with one attached hydrogen (secondary N) is 2. The van der Waals surface area contributed by atoms with E-state index < -0.39 is 15.8 Å². The van der Waals surface area contributed by atoms with Gasteiger partial charge in [0, 0.05) is 19.7 Å². The Labute approximate surface area is 124 Å². The van der Waals surface area contributed by atoms with Gasteiger partial charge in [-0.2, -0.15) is 0 Å². The maximum Gasteiger partial charge on any atom is 0.241 e. The third-order valence-electron chi connectivity index (χ3n) is 3.50. The molecule has 1 saturated heterocycles. The van der Waals surface area contributed by atoms with Crippen LogP contribution in [0.25, 0.3) is 0 Å². The quantitative estimate of drug-likeness (QED) is 0.829. The number of halogens is 1. The van der Waals surface area contributed by atoms with E-state index >= 15 is 0 Å². The molecule has 0 bridgehead atoms. The van der Waals surface area contributed by atoms with Crippen LogP contribution in [-0.2, 0) is 21.3 Å². The first-order chi connectivity index (χ1) is 10.0. The summed E-state index contributed by atoms with van der Waals surface area (Å²) in [7, 11) is -2.01. The normalized spacial score (nSPS) is 19.6. The summed E-state index contributed by atoms with van der Waals surface area (Å²) in [5, 5.41) is 2.89. The minimum absolute atomic E-state index is 0.00595. The highest BCUT2D eigenvalue weighted by molar-refractivity contribution is 7.89. The maximum atomic E-state index is 13.4. The van der Waals surface area contributed by atoms with Gasteiger partial charge in [0.2, 0.25) is 10.0 Å². The molecule has 0 aliphatic carbocycles. The van der Waals surface area contributed by atoms with Gasteiger partial charge in [-0.05, 0) is 43.5 Å². The lowest BCUT2D eigenvalue weighted by molar-refractivity contribution is 0.0568. The Morgan fingerprint density at radius 2 is 2.24 bits per heavy atom. The molecule has 0 spiro atoms. The first-order valence-electron chi connectivity index (χ1n) is 7.03. The molecule has 1 unspecified atom stereocenters. The second-order valence-electron chi connectivity index (χ2n) is 5.22. The number of ether oxygens (including phenoxy) is 1. The molecule has 21 heavy (non-hydrogen) atoms. The largest absolute Gasteiger partial charge is 0.381 e. The Balaban J connectivity index is 2.12. The second-order valence-corrected chi connectivity index (χ2v) is 6.95. The smallest absolute Gasteiger partial charge is 0.241 e. The standard InChI is InChI=1S/C14H21FN2O3S/c1-16-9-12-4-5-13(15)7-14(12)21(18,19)17-8-11-3-2-6-20-10-11/h4-5,7,11,16-17H,2-3,6,8-10H2,1H3. The van der Waals surface area contributed by atoms with Gasteiger partial charge in [-0.1, -0.05) is 6.07 Å². The van der Waals surface area contributed by atoms with E-state index in [2.05, 4.69) is 10.0 Å². The van der Waals surface area contributed by atoms with Crippen molar-refractivity contribution in [2.24, 2.45) is 5.92 Å². The Kier molecular flexibility index (Phi) is 5.69. The highest BCUT2D eigenvalue weighted by Gasteiger charge is 2.22. The first-order valence-corrected chi connectivity index (χ1v) is 8.51. The van der Waals surface area contributed by atoms with Gasteiger partial charge in [-0.25, -0.2) is 17.5 Å². The average molecular weight is 316 g/mol. The Morgan fingerprint density at radius 1 is 1.43 bits per heavy atom.